The second-order valence-corrected chi connectivity index (χ2v) is 10.0. The lowest BCUT2D eigenvalue weighted by Gasteiger charge is -2.17. The van der Waals surface area contributed by atoms with Crippen LogP contribution in [0, 0.1) is 0 Å². The summed E-state index contributed by atoms with van der Waals surface area (Å²) in [6, 6.07) is 25.2. The number of hydrogen-bond acceptors (Lipinski definition) is 7. The number of carbonyl (C=O) groups is 2. The van der Waals surface area contributed by atoms with Crippen LogP contribution in [-0.2, 0) is 16.1 Å². The third kappa shape index (κ3) is 4.98. The Morgan fingerprint density at radius 1 is 1.00 bits per heavy atom. The first-order valence-electron chi connectivity index (χ1n) is 11.4. The molecule has 0 atom stereocenters. The van der Waals surface area contributed by atoms with Crippen LogP contribution in [0.1, 0.15) is 12.5 Å². The lowest BCUT2D eigenvalue weighted by Crippen LogP contribution is -2.29. The Morgan fingerprint density at radius 3 is 2.56 bits per heavy atom. The monoisotopic (exact) mass is 516 g/mol. The first-order chi connectivity index (χ1) is 17.5. The SMILES string of the molecule is CCOC(=O)Nc1cccc(N=C2S/C(=C3\Sc4ccccc4N3C)C(=O)N2Cc2ccccc2)c1. The summed E-state index contributed by atoms with van der Waals surface area (Å²) in [7, 11) is 1.98. The van der Waals surface area contributed by atoms with E-state index in [1.54, 1.807) is 41.8 Å². The van der Waals surface area contributed by atoms with Crippen LogP contribution in [-0.4, -0.2) is 35.7 Å². The van der Waals surface area contributed by atoms with Crippen molar-refractivity contribution in [2.24, 2.45) is 4.99 Å². The van der Waals surface area contributed by atoms with E-state index in [2.05, 4.69) is 22.3 Å². The number of fused-ring (bicyclic) bond motifs is 1. The molecule has 2 aliphatic heterocycles. The number of nitrogens with zero attached hydrogens (tertiary/aromatic N) is 3. The number of thioether (sulfide) groups is 2. The van der Waals surface area contributed by atoms with E-state index in [-0.39, 0.29) is 12.5 Å². The summed E-state index contributed by atoms with van der Waals surface area (Å²) in [6.07, 6.45) is -0.522. The summed E-state index contributed by atoms with van der Waals surface area (Å²) in [5, 5.41) is 4.18. The predicted molar refractivity (Wildman–Crippen MR) is 146 cm³/mol. The van der Waals surface area contributed by atoms with Gasteiger partial charge in [0.2, 0.25) is 0 Å². The maximum atomic E-state index is 13.7. The lowest BCUT2D eigenvalue weighted by molar-refractivity contribution is -0.122. The van der Waals surface area contributed by atoms with Crippen LogP contribution in [0.3, 0.4) is 0 Å². The molecule has 1 N–H and O–H groups in total. The second kappa shape index (κ2) is 10.5. The maximum Gasteiger partial charge on any atom is 0.411 e. The zero-order valence-electron chi connectivity index (χ0n) is 19.8. The van der Waals surface area contributed by atoms with Crippen molar-refractivity contribution in [1.29, 1.82) is 0 Å². The second-order valence-electron chi connectivity index (χ2n) is 8.03. The van der Waals surface area contributed by atoms with Gasteiger partial charge in [-0.3, -0.25) is 15.0 Å². The number of rotatable bonds is 5. The van der Waals surface area contributed by atoms with E-state index in [9.17, 15) is 9.59 Å². The molecule has 7 nitrogen and oxygen atoms in total. The van der Waals surface area contributed by atoms with Crippen molar-refractivity contribution in [2.75, 3.05) is 23.9 Å². The number of hydrogen-bond donors (Lipinski definition) is 1. The Kier molecular flexibility index (Phi) is 7.02. The summed E-state index contributed by atoms with van der Waals surface area (Å²) in [4.78, 5) is 35.9. The molecule has 1 saturated heterocycles. The summed E-state index contributed by atoms with van der Waals surface area (Å²) < 4.78 is 4.97. The first kappa shape index (κ1) is 24.0. The van der Waals surface area contributed by atoms with Crippen LogP contribution in [0.4, 0.5) is 21.9 Å². The summed E-state index contributed by atoms with van der Waals surface area (Å²) in [5.74, 6) is -0.0782. The van der Waals surface area contributed by atoms with Crippen molar-refractivity contribution in [3.05, 3.63) is 94.4 Å². The fraction of sp³-hybridized carbons (Fsp3) is 0.148. The van der Waals surface area contributed by atoms with Gasteiger partial charge >= 0.3 is 6.09 Å². The number of amidine groups is 1. The fourth-order valence-corrected chi connectivity index (χ4v) is 6.22. The molecule has 0 unspecified atom stereocenters. The van der Waals surface area contributed by atoms with Gasteiger partial charge in [0, 0.05) is 17.6 Å². The Morgan fingerprint density at radius 2 is 1.78 bits per heavy atom. The summed E-state index contributed by atoms with van der Waals surface area (Å²) in [6.45, 7) is 2.45. The van der Waals surface area contributed by atoms with Crippen molar-refractivity contribution < 1.29 is 14.3 Å². The number of ether oxygens (including phenoxy) is 1. The van der Waals surface area contributed by atoms with E-state index in [0.29, 0.717) is 28.0 Å². The molecule has 0 aromatic heterocycles. The summed E-state index contributed by atoms with van der Waals surface area (Å²) in [5.41, 5.74) is 3.29. The minimum Gasteiger partial charge on any atom is -0.450 e. The Labute approximate surface area is 218 Å². The van der Waals surface area contributed by atoms with Crippen molar-refractivity contribution >= 4 is 57.8 Å². The zero-order valence-corrected chi connectivity index (χ0v) is 21.4. The van der Waals surface area contributed by atoms with E-state index >= 15 is 0 Å². The molecule has 0 spiro atoms. The number of para-hydroxylation sites is 1. The molecule has 9 heteroatoms. The van der Waals surface area contributed by atoms with Gasteiger partial charge in [-0.25, -0.2) is 9.79 Å². The molecule has 1 fully saturated rings. The smallest absolute Gasteiger partial charge is 0.411 e. The van der Waals surface area contributed by atoms with Crippen molar-refractivity contribution in [1.82, 2.24) is 4.90 Å². The molecule has 2 amide bonds. The molecular formula is C27H24N4O3S2. The third-order valence-corrected chi connectivity index (χ3v) is 8.00. The van der Waals surface area contributed by atoms with Gasteiger partial charge in [0.25, 0.3) is 5.91 Å². The highest BCUT2D eigenvalue weighted by Crippen LogP contribution is 2.50. The Bertz CT molecular complexity index is 1370. The molecule has 0 aliphatic carbocycles. The van der Waals surface area contributed by atoms with E-state index in [1.165, 1.54) is 11.8 Å². The molecular weight excluding hydrogens is 492 g/mol. The molecule has 2 heterocycles. The number of aliphatic imine (C=N–C) groups is 1. The normalized spacial score (nSPS) is 18.1. The predicted octanol–water partition coefficient (Wildman–Crippen LogP) is 6.43. The molecule has 3 aromatic rings. The maximum absolute atomic E-state index is 13.7. The minimum absolute atomic E-state index is 0.0782. The van der Waals surface area contributed by atoms with Gasteiger partial charge in [0.1, 0.15) is 4.91 Å². The van der Waals surface area contributed by atoms with Gasteiger partial charge in [-0.2, -0.15) is 0 Å². The molecule has 182 valence electrons. The third-order valence-electron chi connectivity index (χ3n) is 5.57. The highest BCUT2D eigenvalue weighted by Gasteiger charge is 2.39. The van der Waals surface area contributed by atoms with Gasteiger partial charge < -0.3 is 9.64 Å². The first-order valence-corrected chi connectivity index (χ1v) is 13.1. The van der Waals surface area contributed by atoms with Crippen LogP contribution in [0.15, 0.2) is 98.7 Å². The molecule has 0 bridgehead atoms. The lowest BCUT2D eigenvalue weighted by atomic mass is 10.2. The largest absolute Gasteiger partial charge is 0.450 e. The van der Waals surface area contributed by atoms with E-state index in [1.807, 2.05) is 55.6 Å². The van der Waals surface area contributed by atoms with Crippen LogP contribution in [0.2, 0.25) is 0 Å². The standard InChI is InChI=1S/C27H24N4O3S2/c1-3-34-27(33)29-20-13-9-12-19(16-20)28-26-31(17-18-10-5-4-6-11-18)24(32)23(36-26)25-30(2)21-14-7-8-15-22(21)35-25/h4-16H,3,17H2,1-2H3,(H,29,33)/b25-23-,28-26?. The van der Waals surface area contributed by atoms with Gasteiger partial charge in [-0.15, -0.1) is 0 Å². The molecule has 36 heavy (non-hydrogen) atoms. The highest BCUT2D eigenvalue weighted by molar-refractivity contribution is 8.19. The Balaban J connectivity index is 1.50. The van der Waals surface area contributed by atoms with Crippen molar-refractivity contribution in [2.45, 2.75) is 18.4 Å². The molecule has 2 aliphatic rings. The topological polar surface area (TPSA) is 74.2 Å². The summed E-state index contributed by atoms with van der Waals surface area (Å²) >= 11 is 2.97. The number of nitrogens with one attached hydrogen (secondary N) is 1. The van der Waals surface area contributed by atoms with Crippen LogP contribution >= 0.6 is 23.5 Å². The van der Waals surface area contributed by atoms with Gasteiger partial charge in [-0.05, 0) is 54.6 Å². The average Bonchev–Trinajstić information content (AvgIpc) is 3.37. The number of carbonyl (C=O) groups excluding carboxylic acids is 2. The minimum atomic E-state index is -0.522. The van der Waals surface area contributed by atoms with Crippen LogP contribution in [0.25, 0.3) is 0 Å². The number of amides is 2. The quantitative estimate of drug-likeness (QED) is 0.394. The van der Waals surface area contributed by atoms with E-state index in [4.69, 9.17) is 9.73 Å². The van der Waals surface area contributed by atoms with E-state index < -0.39 is 6.09 Å². The number of benzene rings is 3. The molecule has 3 aromatic carbocycles. The van der Waals surface area contributed by atoms with Crippen molar-refractivity contribution in [3.63, 3.8) is 0 Å². The van der Waals surface area contributed by atoms with Crippen molar-refractivity contribution in [3.8, 4) is 0 Å². The number of anilines is 2. The molecule has 5 rings (SSSR count). The van der Waals surface area contributed by atoms with Gasteiger partial charge in [0.05, 0.1) is 29.6 Å². The zero-order chi connectivity index (χ0) is 25.1. The van der Waals surface area contributed by atoms with Gasteiger partial charge in [0.15, 0.2) is 5.17 Å². The average molecular weight is 517 g/mol. The Hall–Kier alpha value is -3.69. The highest BCUT2D eigenvalue weighted by atomic mass is 32.2. The van der Waals surface area contributed by atoms with Crippen LogP contribution < -0.4 is 10.2 Å². The molecule has 0 saturated carbocycles. The molecule has 0 radical (unpaired) electrons. The van der Waals surface area contributed by atoms with Crippen LogP contribution in [0.5, 0.6) is 0 Å². The van der Waals surface area contributed by atoms with Gasteiger partial charge in [-0.1, -0.05) is 60.3 Å². The van der Waals surface area contributed by atoms with E-state index in [0.717, 1.165) is 21.2 Å². The fourth-order valence-electron chi connectivity index (χ4n) is 3.87.